The molecule has 3 heterocycles. The van der Waals surface area contributed by atoms with Gasteiger partial charge in [-0.2, -0.15) is 13.2 Å². The highest BCUT2D eigenvalue weighted by atomic mass is 19.4. The largest absolute Gasteiger partial charge is 0.481 e. The van der Waals surface area contributed by atoms with Crippen LogP contribution in [0.25, 0.3) is 16.9 Å². The van der Waals surface area contributed by atoms with Crippen molar-refractivity contribution in [2.45, 2.75) is 52.1 Å². The summed E-state index contributed by atoms with van der Waals surface area (Å²) in [5.74, 6) is -1.90. The third-order valence-corrected chi connectivity index (χ3v) is 7.15. The first-order valence-electron chi connectivity index (χ1n) is 15.4. The van der Waals surface area contributed by atoms with Crippen LogP contribution in [0.1, 0.15) is 59.3 Å². The lowest BCUT2D eigenvalue weighted by molar-refractivity contribution is -0.138. The lowest BCUT2D eigenvalue weighted by atomic mass is 10.1. The molecule has 0 unspecified atom stereocenters. The van der Waals surface area contributed by atoms with Crippen LogP contribution in [0.5, 0.6) is 0 Å². The predicted octanol–water partition coefficient (Wildman–Crippen LogP) is 7.46. The molecule has 0 aliphatic heterocycles. The number of aliphatic carboxylic acids is 2. The Labute approximate surface area is 285 Å². The molecule has 0 atom stereocenters. The average Bonchev–Trinajstić information content (AvgIpc) is 3.52. The van der Waals surface area contributed by atoms with Gasteiger partial charge >= 0.3 is 18.1 Å². The second-order valence-corrected chi connectivity index (χ2v) is 11.2. The molecule has 0 fully saturated rings. The van der Waals surface area contributed by atoms with E-state index >= 15 is 0 Å². The van der Waals surface area contributed by atoms with Crippen LogP contribution < -0.4 is 10.6 Å². The predicted molar refractivity (Wildman–Crippen MR) is 179 cm³/mol. The maximum absolute atomic E-state index is 13.6. The molecule has 0 saturated carbocycles. The van der Waals surface area contributed by atoms with E-state index in [1.807, 2.05) is 13.0 Å². The molecule has 1 amide bonds. The van der Waals surface area contributed by atoms with E-state index in [4.69, 9.17) is 10.2 Å². The number of anilines is 3. The third kappa shape index (κ3) is 11.0. The maximum Gasteiger partial charge on any atom is 0.416 e. The zero-order valence-electron chi connectivity index (χ0n) is 27.1. The van der Waals surface area contributed by atoms with Gasteiger partial charge in [0.2, 0.25) is 5.95 Å². The molecule has 260 valence electrons. The van der Waals surface area contributed by atoms with E-state index in [2.05, 4.69) is 30.6 Å². The molecule has 0 radical (unpaired) electrons. The summed E-state index contributed by atoms with van der Waals surface area (Å²) < 4.78 is 42.3. The van der Waals surface area contributed by atoms with E-state index in [0.29, 0.717) is 42.3 Å². The van der Waals surface area contributed by atoms with E-state index in [1.165, 1.54) is 17.0 Å². The van der Waals surface area contributed by atoms with Crippen LogP contribution in [-0.4, -0.2) is 52.6 Å². The summed E-state index contributed by atoms with van der Waals surface area (Å²) in [6.45, 7) is 3.58. The quantitative estimate of drug-likeness (QED) is 0.0964. The minimum atomic E-state index is -4.60. The van der Waals surface area contributed by atoms with Crippen LogP contribution in [0.2, 0.25) is 0 Å². The summed E-state index contributed by atoms with van der Waals surface area (Å²) in [6.07, 6.45) is 5.48. The minimum Gasteiger partial charge on any atom is -0.481 e. The molecule has 0 aliphatic carbocycles. The number of carbonyl (C=O) groups is 3. The van der Waals surface area contributed by atoms with Gasteiger partial charge in [0.05, 0.1) is 23.3 Å². The van der Waals surface area contributed by atoms with Crippen LogP contribution in [-0.2, 0) is 15.8 Å². The van der Waals surface area contributed by atoms with Crippen molar-refractivity contribution in [2.24, 2.45) is 0 Å². The van der Waals surface area contributed by atoms with Gasteiger partial charge in [-0.15, -0.1) is 0 Å². The molecule has 5 aromatic rings. The van der Waals surface area contributed by atoms with Crippen molar-refractivity contribution in [2.75, 3.05) is 10.6 Å². The van der Waals surface area contributed by atoms with Crippen molar-refractivity contribution in [1.82, 2.24) is 24.5 Å². The molecule has 15 heteroatoms. The van der Waals surface area contributed by atoms with E-state index in [1.54, 1.807) is 62.0 Å². The Morgan fingerprint density at radius 2 is 1.62 bits per heavy atom. The van der Waals surface area contributed by atoms with Crippen molar-refractivity contribution >= 4 is 35.2 Å². The van der Waals surface area contributed by atoms with Crippen LogP contribution in [0.15, 0.2) is 85.7 Å². The van der Waals surface area contributed by atoms with Gasteiger partial charge in [0.15, 0.2) is 0 Å². The summed E-state index contributed by atoms with van der Waals surface area (Å²) in [5, 5.41) is 22.1. The number of unbranched alkanes of at least 4 members (excludes halogenated alkanes) is 2. The number of aryl methyl sites for hydroxylation is 2. The lowest BCUT2D eigenvalue weighted by Gasteiger charge is -2.14. The minimum absolute atomic E-state index is 0.00114. The average molecular weight is 690 g/mol. The highest BCUT2D eigenvalue weighted by Gasteiger charge is 2.31. The Bertz CT molecular complexity index is 1930. The van der Waals surface area contributed by atoms with Gasteiger partial charge in [0, 0.05) is 65.8 Å². The Hall–Kier alpha value is -6.12. The number of carboxylic acids is 2. The van der Waals surface area contributed by atoms with E-state index in [-0.39, 0.29) is 29.8 Å². The Morgan fingerprint density at radius 1 is 0.880 bits per heavy atom. The highest BCUT2D eigenvalue weighted by Crippen LogP contribution is 2.33. The number of halogens is 3. The van der Waals surface area contributed by atoms with Crippen molar-refractivity contribution in [3.63, 3.8) is 0 Å². The van der Waals surface area contributed by atoms with Crippen LogP contribution in [0, 0.1) is 13.8 Å². The van der Waals surface area contributed by atoms with Gasteiger partial charge in [0.25, 0.3) is 5.91 Å². The first-order chi connectivity index (χ1) is 23.8. The summed E-state index contributed by atoms with van der Waals surface area (Å²) in [5.41, 5.74) is 3.09. The number of hydrogen-bond acceptors (Lipinski definition) is 8. The molecule has 0 spiro atoms. The lowest BCUT2D eigenvalue weighted by Crippen LogP contribution is -2.14. The molecule has 50 heavy (non-hydrogen) atoms. The first kappa shape index (κ1) is 36.7. The van der Waals surface area contributed by atoms with Gasteiger partial charge in [-0.25, -0.2) is 15.0 Å². The van der Waals surface area contributed by atoms with Crippen molar-refractivity contribution in [1.29, 1.82) is 0 Å². The van der Waals surface area contributed by atoms with Gasteiger partial charge in [-0.1, -0.05) is 12.5 Å². The van der Waals surface area contributed by atoms with Crippen molar-refractivity contribution in [3.05, 3.63) is 108 Å². The molecular formula is C35H34F3N7O5. The fourth-order valence-corrected chi connectivity index (χ4v) is 4.60. The number of benzene rings is 2. The smallest absolute Gasteiger partial charge is 0.416 e. The standard InChI is InChI=1S/C28H22F3N7O.C7H12O4/c1-17-5-6-19(10-25(17)37-27-33-9-7-24(36-27)20-4-3-8-32-14-20)26(39)35-22-11-21(28(29,30)31)12-23(13-22)38-15-18(2)34-16-38;8-6(9)4-2-1-3-5-7(10)11/h3-16H,1-2H3,(H,35,39)(H,33,36,37);1-5H2,(H,8,9)(H,10,11). The fraction of sp³-hybridized carbons (Fsp3) is 0.229. The number of carboxylic acid groups (broad SMARTS) is 2. The van der Waals surface area contributed by atoms with E-state index < -0.39 is 29.6 Å². The molecule has 0 bridgehead atoms. The normalized spacial score (nSPS) is 10.9. The van der Waals surface area contributed by atoms with Gasteiger partial charge in [0.1, 0.15) is 0 Å². The fourth-order valence-electron chi connectivity index (χ4n) is 4.60. The number of nitrogens with zero attached hydrogens (tertiary/aromatic N) is 5. The number of nitrogens with one attached hydrogen (secondary N) is 2. The Morgan fingerprint density at radius 3 is 2.24 bits per heavy atom. The molecule has 3 aromatic heterocycles. The number of hydrogen-bond donors (Lipinski definition) is 4. The van der Waals surface area contributed by atoms with Gasteiger partial charge < -0.3 is 25.4 Å². The molecule has 0 saturated heterocycles. The number of imidazole rings is 1. The second kappa shape index (κ2) is 16.8. The first-order valence-corrected chi connectivity index (χ1v) is 15.4. The zero-order valence-corrected chi connectivity index (χ0v) is 27.1. The number of aromatic nitrogens is 5. The van der Waals surface area contributed by atoms with E-state index in [9.17, 15) is 27.6 Å². The molecule has 12 nitrogen and oxygen atoms in total. The van der Waals surface area contributed by atoms with Crippen LogP contribution >= 0.6 is 0 Å². The highest BCUT2D eigenvalue weighted by molar-refractivity contribution is 6.05. The topological polar surface area (TPSA) is 172 Å². The third-order valence-electron chi connectivity index (χ3n) is 7.15. The summed E-state index contributed by atoms with van der Waals surface area (Å²) in [7, 11) is 0. The van der Waals surface area contributed by atoms with Crippen LogP contribution in [0.3, 0.4) is 0 Å². The number of amides is 1. The number of pyridine rings is 1. The Balaban J connectivity index is 0.000000442. The zero-order chi connectivity index (χ0) is 36.3. The summed E-state index contributed by atoms with van der Waals surface area (Å²) in [6, 6.07) is 13.7. The number of alkyl halides is 3. The van der Waals surface area contributed by atoms with E-state index in [0.717, 1.165) is 23.3 Å². The Kier molecular flexibility index (Phi) is 12.3. The van der Waals surface area contributed by atoms with Crippen molar-refractivity contribution in [3.8, 4) is 16.9 Å². The summed E-state index contributed by atoms with van der Waals surface area (Å²) >= 11 is 0. The van der Waals surface area contributed by atoms with Gasteiger partial charge in [-0.3, -0.25) is 19.4 Å². The van der Waals surface area contributed by atoms with Crippen LogP contribution in [0.4, 0.5) is 30.5 Å². The number of carbonyl (C=O) groups excluding carboxylic acids is 1. The molecule has 5 rings (SSSR count). The van der Waals surface area contributed by atoms with Crippen molar-refractivity contribution < 1.29 is 37.8 Å². The summed E-state index contributed by atoms with van der Waals surface area (Å²) in [4.78, 5) is 50.0. The monoisotopic (exact) mass is 689 g/mol. The second-order valence-electron chi connectivity index (χ2n) is 11.2. The molecule has 2 aromatic carbocycles. The molecule has 4 N–H and O–H groups in total. The SMILES string of the molecule is Cc1cn(-c2cc(NC(=O)c3ccc(C)c(Nc4nccc(-c5cccnc5)n4)c3)cc(C(F)(F)F)c2)cn1.O=C(O)CCCCCC(=O)O. The molecule has 0 aliphatic rings. The maximum atomic E-state index is 13.6. The molecular weight excluding hydrogens is 655 g/mol. The van der Waals surface area contributed by atoms with Gasteiger partial charge in [-0.05, 0) is 80.8 Å². The number of rotatable bonds is 12.